The molecule has 3 rings (SSSR count). The molecule has 0 amide bonds. The van der Waals surface area contributed by atoms with Gasteiger partial charge in [-0.1, -0.05) is 24.6 Å². The monoisotopic (exact) mass is 259 g/mol. The Balaban J connectivity index is 1.85. The molecule has 2 aliphatic heterocycles. The van der Waals surface area contributed by atoms with Crippen LogP contribution >= 0.6 is 0 Å². The highest BCUT2D eigenvalue weighted by Crippen LogP contribution is 2.37. The molecule has 2 atom stereocenters. The summed E-state index contributed by atoms with van der Waals surface area (Å²) in [7, 11) is 0. The van der Waals surface area contributed by atoms with Gasteiger partial charge < -0.3 is 11.1 Å². The van der Waals surface area contributed by atoms with Crippen molar-refractivity contribution in [2.24, 2.45) is 5.73 Å². The lowest BCUT2D eigenvalue weighted by molar-refractivity contribution is 0.167. The van der Waals surface area contributed by atoms with E-state index in [4.69, 9.17) is 5.73 Å². The van der Waals surface area contributed by atoms with E-state index in [2.05, 4.69) is 41.4 Å². The topological polar surface area (TPSA) is 41.3 Å². The first-order valence-corrected chi connectivity index (χ1v) is 7.53. The summed E-state index contributed by atoms with van der Waals surface area (Å²) in [5, 5.41) is 3.80. The second-order valence-corrected chi connectivity index (χ2v) is 6.10. The molecule has 0 bridgehead atoms. The average Bonchev–Trinajstić information content (AvgIpc) is 2.81. The van der Waals surface area contributed by atoms with Crippen molar-refractivity contribution in [3.05, 3.63) is 29.8 Å². The van der Waals surface area contributed by atoms with Gasteiger partial charge in [0.25, 0.3) is 0 Å². The second kappa shape index (κ2) is 5.14. The molecule has 19 heavy (non-hydrogen) atoms. The third-order valence-corrected chi connectivity index (χ3v) is 4.99. The van der Waals surface area contributed by atoms with E-state index < -0.39 is 0 Å². The number of nitrogens with one attached hydrogen (secondary N) is 1. The van der Waals surface area contributed by atoms with Crippen molar-refractivity contribution in [3.8, 4) is 0 Å². The number of hydrogen-bond acceptors (Lipinski definition) is 3. The molecule has 2 unspecified atom stereocenters. The number of rotatable bonds is 3. The van der Waals surface area contributed by atoms with Crippen molar-refractivity contribution in [1.29, 1.82) is 0 Å². The van der Waals surface area contributed by atoms with Gasteiger partial charge >= 0.3 is 0 Å². The minimum Gasteiger partial charge on any atom is -0.376 e. The van der Waals surface area contributed by atoms with Crippen LogP contribution < -0.4 is 11.1 Å². The number of fused-ring (bicyclic) bond motifs is 1. The first kappa shape index (κ1) is 12.9. The van der Waals surface area contributed by atoms with Gasteiger partial charge in [-0.05, 0) is 44.4 Å². The zero-order valence-electron chi connectivity index (χ0n) is 11.9. The summed E-state index contributed by atoms with van der Waals surface area (Å²) < 4.78 is 0. The number of benzene rings is 1. The van der Waals surface area contributed by atoms with Gasteiger partial charge in [0.1, 0.15) is 0 Å². The first-order chi connectivity index (χ1) is 9.25. The van der Waals surface area contributed by atoms with Gasteiger partial charge in [-0.3, -0.25) is 4.90 Å². The van der Waals surface area contributed by atoms with Gasteiger partial charge in [-0.15, -0.1) is 0 Å². The average molecular weight is 259 g/mol. The zero-order valence-corrected chi connectivity index (χ0v) is 11.9. The minimum absolute atomic E-state index is 0.0759. The van der Waals surface area contributed by atoms with Crippen LogP contribution in [0.3, 0.4) is 0 Å². The molecule has 2 heterocycles. The van der Waals surface area contributed by atoms with Crippen LogP contribution in [0.5, 0.6) is 0 Å². The maximum absolute atomic E-state index is 6.18. The van der Waals surface area contributed by atoms with E-state index in [9.17, 15) is 0 Å². The number of aryl methyl sites for hydroxylation is 1. The van der Waals surface area contributed by atoms with E-state index >= 15 is 0 Å². The molecule has 3 N–H and O–H groups in total. The molecular weight excluding hydrogens is 234 g/mol. The Labute approximate surface area is 116 Å². The number of para-hydroxylation sites is 1. The summed E-state index contributed by atoms with van der Waals surface area (Å²) in [6, 6.07) is 9.16. The van der Waals surface area contributed by atoms with Crippen molar-refractivity contribution in [3.63, 3.8) is 0 Å². The molecule has 3 nitrogen and oxygen atoms in total. The fourth-order valence-electron chi connectivity index (χ4n) is 3.81. The number of nitrogens with zero attached hydrogens (tertiary/aromatic N) is 1. The molecule has 0 radical (unpaired) electrons. The van der Waals surface area contributed by atoms with Crippen LogP contribution in [0.1, 0.15) is 31.2 Å². The van der Waals surface area contributed by atoms with E-state index in [-0.39, 0.29) is 5.54 Å². The Bertz CT molecular complexity index is 445. The van der Waals surface area contributed by atoms with Crippen molar-refractivity contribution < 1.29 is 0 Å². The zero-order chi connectivity index (χ0) is 13.3. The molecule has 1 aromatic carbocycles. The molecule has 0 aromatic heterocycles. The van der Waals surface area contributed by atoms with Gasteiger partial charge in [-0.25, -0.2) is 0 Å². The van der Waals surface area contributed by atoms with Crippen LogP contribution in [0.2, 0.25) is 0 Å². The highest BCUT2D eigenvalue weighted by molar-refractivity contribution is 5.53. The van der Waals surface area contributed by atoms with Crippen LogP contribution in [0.25, 0.3) is 0 Å². The molecular formula is C16H25N3. The van der Waals surface area contributed by atoms with Crippen molar-refractivity contribution in [1.82, 2.24) is 4.90 Å². The standard InChI is InChI=1S/C16H25N3/c1-13-6-2-3-7-14(13)18-16(12-17)9-11-19-10-5-4-8-15(16)19/h2-3,6-7,15,18H,4-5,8-12,17H2,1H3. The molecule has 2 saturated heterocycles. The van der Waals surface area contributed by atoms with Crippen molar-refractivity contribution >= 4 is 5.69 Å². The third kappa shape index (κ3) is 2.26. The summed E-state index contributed by atoms with van der Waals surface area (Å²) in [6.07, 6.45) is 5.15. The second-order valence-electron chi connectivity index (χ2n) is 6.10. The highest BCUT2D eigenvalue weighted by atomic mass is 15.3. The number of nitrogens with two attached hydrogens (primary N) is 1. The lowest BCUT2D eigenvalue weighted by atomic mass is 9.85. The molecule has 2 fully saturated rings. The fourth-order valence-corrected chi connectivity index (χ4v) is 3.81. The maximum Gasteiger partial charge on any atom is 0.0662 e. The van der Waals surface area contributed by atoms with Gasteiger partial charge in [0, 0.05) is 24.8 Å². The van der Waals surface area contributed by atoms with Crippen LogP contribution in [-0.4, -0.2) is 36.1 Å². The number of anilines is 1. The summed E-state index contributed by atoms with van der Waals surface area (Å²) in [4.78, 5) is 2.64. The van der Waals surface area contributed by atoms with E-state index in [1.807, 2.05) is 0 Å². The van der Waals surface area contributed by atoms with Gasteiger partial charge in [-0.2, -0.15) is 0 Å². The fraction of sp³-hybridized carbons (Fsp3) is 0.625. The number of hydrogen-bond donors (Lipinski definition) is 2. The van der Waals surface area contributed by atoms with Gasteiger partial charge in [0.15, 0.2) is 0 Å². The SMILES string of the molecule is Cc1ccccc1NC1(CN)CCN2CCCCC21. The summed E-state index contributed by atoms with van der Waals surface area (Å²) in [6.45, 7) is 5.34. The number of piperidine rings is 1. The minimum atomic E-state index is 0.0759. The summed E-state index contributed by atoms with van der Waals surface area (Å²) in [5.74, 6) is 0. The largest absolute Gasteiger partial charge is 0.376 e. The summed E-state index contributed by atoms with van der Waals surface area (Å²) in [5.41, 5.74) is 8.82. The van der Waals surface area contributed by atoms with Crippen LogP contribution in [-0.2, 0) is 0 Å². The Morgan fingerprint density at radius 3 is 2.95 bits per heavy atom. The normalized spacial score (nSPS) is 31.2. The van der Waals surface area contributed by atoms with Crippen LogP contribution in [0.4, 0.5) is 5.69 Å². The Kier molecular flexibility index (Phi) is 3.50. The van der Waals surface area contributed by atoms with Crippen LogP contribution in [0.15, 0.2) is 24.3 Å². The van der Waals surface area contributed by atoms with E-state index in [1.54, 1.807) is 0 Å². The molecule has 0 saturated carbocycles. The summed E-state index contributed by atoms with van der Waals surface area (Å²) >= 11 is 0. The maximum atomic E-state index is 6.18. The molecule has 0 aliphatic carbocycles. The Morgan fingerprint density at radius 1 is 1.32 bits per heavy atom. The molecule has 3 heteroatoms. The van der Waals surface area contributed by atoms with Crippen LogP contribution in [0, 0.1) is 6.92 Å². The molecule has 2 aliphatic rings. The molecule has 0 spiro atoms. The molecule has 104 valence electrons. The Morgan fingerprint density at radius 2 is 2.16 bits per heavy atom. The van der Waals surface area contributed by atoms with Gasteiger partial charge in [0.05, 0.1) is 5.54 Å². The predicted molar refractivity (Wildman–Crippen MR) is 80.4 cm³/mol. The predicted octanol–water partition coefficient (Wildman–Crippen LogP) is 2.36. The third-order valence-electron chi connectivity index (χ3n) is 4.99. The lowest BCUT2D eigenvalue weighted by Gasteiger charge is -2.41. The molecule has 1 aromatic rings. The quantitative estimate of drug-likeness (QED) is 0.875. The first-order valence-electron chi connectivity index (χ1n) is 7.53. The van der Waals surface area contributed by atoms with E-state index in [1.165, 1.54) is 50.0 Å². The lowest BCUT2D eigenvalue weighted by Crippen LogP contribution is -2.56. The van der Waals surface area contributed by atoms with E-state index in [0.29, 0.717) is 6.04 Å². The smallest absolute Gasteiger partial charge is 0.0662 e. The van der Waals surface area contributed by atoms with Crippen molar-refractivity contribution in [2.45, 2.75) is 44.2 Å². The van der Waals surface area contributed by atoms with E-state index in [0.717, 1.165) is 6.54 Å². The Hall–Kier alpha value is -1.06. The highest BCUT2D eigenvalue weighted by Gasteiger charge is 2.47. The van der Waals surface area contributed by atoms with Crippen molar-refractivity contribution in [2.75, 3.05) is 25.0 Å². The van der Waals surface area contributed by atoms with Gasteiger partial charge in [0.2, 0.25) is 0 Å².